The number of nitrogens with zero attached hydrogens (tertiary/aromatic N) is 2. The van der Waals surface area contributed by atoms with E-state index in [-0.39, 0.29) is 10.1 Å². The van der Waals surface area contributed by atoms with Crippen LogP contribution in [0.3, 0.4) is 0 Å². The molecule has 0 saturated carbocycles. The standard InChI is InChI=1S/C19H17F2N3O3S3/c1-11-17(19(25)24-6-2-3-7-24)29-18(22-11)12-8-16(28-10-12)30(26,27)23-15-9-13(20)4-5-14(15)21/h4-5,8-10,23H,2-3,6-7H2,1H3. The van der Waals surface area contributed by atoms with E-state index in [2.05, 4.69) is 9.71 Å². The summed E-state index contributed by atoms with van der Waals surface area (Å²) in [5.41, 5.74) is 0.685. The van der Waals surface area contributed by atoms with Crippen LogP contribution in [0.25, 0.3) is 10.6 Å². The Balaban J connectivity index is 1.59. The molecule has 0 atom stereocenters. The maximum atomic E-state index is 13.8. The van der Waals surface area contributed by atoms with Crippen molar-refractivity contribution in [2.75, 3.05) is 17.8 Å². The van der Waals surface area contributed by atoms with E-state index < -0.39 is 27.3 Å². The van der Waals surface area contributed by atoms with Crippen molar-refractivity contribution in [1.29, 1.82) is 0 Å². The lowest BCUT2D eigenvalue weighted by atomic mass is 10.3. The first-order valence-corrected chi connectivity index (χ1v) is 12.3. The van der Waals surface area contributed by atoms with E-state index in [1.54, 1.807) is 17.2 Å². The van der Waals surface area contributed by atoms with Crippen LogP contribution in [0.5, 0.6) is 0 Å². The summed E-state index contributed by atoms with van der Waals surface area (Å²) in [4.78, 5) is 19.4. The number of aryl methyl sites for hydroxylation is 1. The minimum atomic E-state index is -4.11. The number of aromatic nitrogens is 1. The van der Waals surface area contributed by atoms with E-state index in [9.17, 15) is 22.0 Å². The fourth-order valence-electron chi connectivity index (χ4n) is 3.12. The van der Waals surface area contributed by atoms with Crippen molar-refractivity contribution in [1.82, 2.24) is 9.88 Å². The zero-order valence-electron chi connectivity index (χ0n) is 15.8. The second-order valence-corrected chi connectivity index (χ2v) is 10.6. The van der Waals surface area contributed by atoms with Crippen molar-refractivity contribution in [2.24, 2.45) is 0 Å². The summed E-state index contributed by atoms with van der Waals surface area (Å²) in [6.45, 7) is 3.21. The second-order valence-electron chi connectivity index (χ2n) is 6.82. The maximum Gasteiger partial charge on any atom is 0.271 e. The van der Waals surface area contributed by atoms with Crippen LogP contribution >= 0.6 is 22.7 Å². The molecule has 1 aromatic carbocycles. The van der Waals surface area contributed by atoms with Gasteiger partial charge in [0.25, 0.3) is 15.9 Å². The molecule has 1 N–H and O–H groups in total. The third-order valence-electron chi connectivity index (χ3n) is 4.64. The van der Waals surface area contributed by atoms with E-state index in [0.29, 0.717) is 21.1 Å². The van der Waals surface area contributed by atoms with E-state index in [1.807, 2.05) is 0 Å². The third-order valence-corrected chi connectivity index (χ3v) is 8.64. The maximum absolute atomic E-state index is 13.8. The van der Waals surface area contributed by atoms with Crippen LogP contribution < -0.4 is 4.72 Å². The molecule has 3 aromatic rings. The molecule has 1 aliphatic heterocycles. The van der Waals surface area contributed by atoms with Gasteiger partial charge in [-0.25, -0.2) is 22.2 Å². The Bertz CT molecular complexity index is 1210. The van der Waals surface area contributed by atoms with Crippen molar-refractivity contribution >= 4 is 44.3 Å². The molecule has 1 saturated heterocycles. The number of likely N-dealkylation sites (tertiary alicyclic amines) is 1. The van der Waals surface area contributed by atoms with Gasteiger partial charge in [0.2, 0.25) is 0 Å². The molecule has 0 unspecified atom stereocenters. The molecule has 3 heterocycles. The van der Waals surface area contributed by atoms with Gasteiger partial charge in [-0.2, -0.15) is 0 Å². The molecule has 6 nitrogen and oxygen atoms in total. The lowest BCUT2D eigenvalue weighted by Crippen LogP contribution is -2.27. The minimum absolute atomic E-state index is 0.0555. The Kier molecular flexibility index (Phi) is 5.60. The predicted octanol–water partition coefficient (Wildman–Crippen LogP) is 4.50. The Morgan fingerprint density at radius 3 is 2.67 bits per heavy atom. The number of nitrogens with one attached hydrogen (secondary N) is 1. The van der Waals surface area contributed by atoms with Gasteiger partial charge in [-0.05, 0) is 38.0 Å². The average molecular weight is 470 g/mol. The smallest absolute Gasteiger partial charge is 0.271 e. The van der Waals surface area contributed by atoms with E-state index in [4.69, 9.17) is 0 Å². The predicted molar refractivity (Wildman–Crippen MR) is 112 cm³/mol. The van der Waals surface area contributed by atoms with Gasteiger partial charge in [0, 0.05) is 30.1 Å². The Hall–Kier alpha value is -2.37. The first-order valence-electron chi connectivity index (χ1n) is 9.08. The van der Waals surface area contributed by atoms with Gasteiger partial charge in [0.15, 0.2) is 0 Å². The average Bonchev–Trinajstić information content (AvgIpc) is 3.44. The van der Waals surface area contributed by atoms with Gasteiger partial charge in [-0.1, -0.05) is 0 Å². The van der Waals surface area contributed by atoms with Gasteiger partial charge >= 0.3 is 0 Å². The molecule has 4 rings (SSSR count). The number of anilines is 1. The summed E-state index contributed by atoms with van der Waals surface area (Å²) >= 11 is 2.15. The largest absolute Gasteiger partial charge is 0.338 e. The summed E-state index contributed by atoms with van der Waals surface area (Å²) in [5, 5.41) is 2.14. The highest BCUT2D eigenvalue weighted by atomic mass is 32.2. The van der Waals surface area contributed by atoms with Gasteiger partial charge in [-0.15, -0.1) is 22.7 Å². The lowest BCUT2D eigenvalue weighted by molar-refractivity contribution is 0.0796. The van der Waals surface area contributed by atoms with Crippen molar-refractivity contribution < 1.29 is 22.0 Å². The molecule has 1 aliphatic rings. The SMILES string of the molecule is Cc1nc(-c2csc(S(=O)(=O)Nc3cc(F)ccc3F)c2)sc1C(=O)N1CCCC1. The van der Waals surface area contributed by atoms with Crippen LogP contribution in [0.4, 0.5) is 14.5 Å². The molecular weight excluding hydrogens is 452 g/mol. The zero-order chi connectivity index (χ0) is 21.5. The van der Waals surface area contributed by atoms with E-state index in [0.717, 1.165) is 55.5 Å². The summed E-state index contributed by atoms with van der Waals surface area (Å²) in [6.07, 6.45) is 1.97. The summed E-state index contributed by atoms with van der Waals surface area (Å²) in [7, 11) is -4.11. The molecule has 158 valence electrons. The molecule has 0 spiro atoms. The highest BCUT2D eigenvalue weighted by Crippen LogP contribution is 2.34. The number of thiazole rings is 1. The monoisotopic (exact) mass is 469 g/mol. The number of carbonyl (C=O) groups is 1. The first kappa shape index (κ1) is 20.9. The first-order chi connectivity index (χ1) is 14.2. The van der Waals surface area contributed by atoms with Gasteiger partial charge < -0.3 is 4.90 Å². The fraction of sp³-hybridized carbons (Fsp3) is 0.263. The number of sulfonamides is 1. The molecule has 1 fully saturated rings. The lowest BCUT2D eigenvalue weighted by Gasteiger charge is -2.13. The normalized spacial score (nSPS) is 14.3. The van der Waals surface area contributed by atoms with Crippen molar-refractivity contribution in [3.63, 3.8) is 0 Å². The highest BCUT2D eigenvalue weighted by molar-refractivity contribution is 7.94. The Labute approximate surface area is 180 Å². The number of hydrogen-bond acceptors (Lipinski definition) is 6. The molecule has 0 bridgehead atoms. The van der Waals surface area contributed by atoms with Gasteiger partial charge in [0.1, 0.15) is 25.7 Å². The summed E-state index contributed by atoms with van der Waals surface area (Å²) < 4.78 is 54.3. The van der Waals surface area contributed by atoms with Crippen molar-refractivity contribution in [3.8, 4) is 10.6 Å². The Morgan fingerprint density at radius 2 is 1.93 bits per heavy atom. The summed E-state index contributed by atoms with van der Waals surface area (Å²) in [6, 6.07) is 3.95. The minimum Gasteiger partial charge on any atom is -0.338 e. The van der Waals surface area contributed by atoms with E-state index >= 15 is 0 Å². The van der Waals surface area contributed by atoms with Crippen molar-refractivity contribution in [3.05, 3.63) is 51.9 Å². The molecule has 0 aliphatic carbocycles. The van der Waals surface area contributed by atoms with E-state index in [1.165, 1.54) is 17.4 Å². The van der Waals surface area contributed by atoms with Gasteiger partial charge in [-0.3, -0.25) is 9.52 Å². The molecule has 1 amide bonds. The number of amides is 1. The fourth-order valence-corrected chi connectivity index (χ4v) is 6.44. The van der Waals surface area contributed by atoms with Crippen LogP contribution in [0.1, 0.15) is 28.2 Å². The second kappa shape index (κ2) is 8.05. The number of hydrogen-bond donors (Lipinski definition) is 1. The number of carbonyl (C=O) groups excluding carboxylic acids is 1. The molecule has 30 heavy (non-hydrogen) atoms. The summed E-state index contributed by atoms with van der Waals surface area (Å²) in [5.74, 6) is -1.69. The number of halogens is 2. The third kappa shape index (κ3) is 4.09. The number of rotatable bonds is 5. The van der Waals surface area contributed by atoms with Crippen molar-refractivity contribution in [2.45, 2.75) is 24.0 Å². The molecule has 0 radical (unpaired) electrons. The van der Waals surface area contributed by atoms with Crippen LogP contribution in [0.15, 0.2) is 33.9 Å². The van der Waals surface area contributed by atoms with Crippen LogP contribution in [0.2, 0.25) is 0 Å². The number of benzene rings is 1. The molecule has 2 aromatic heterocycles. The topological polar surface area (TPSA) is 79.4 Å². The molecule has 11 heteroatoms. The van der Waals surface area contributed by atoms with Crippen LogP contribution in [0, 0.1) is 18.6 Å². The van der Waals surface area contributed by atoms with Crippen LogP contribution in [-0.2, 0) is 10.0 Å². The van der Waals surface area contributed by atoms with Crippen LogP contribution in [-0.4, -0.2) is 37.3 Å². The zero-order valence-corrected chi connectivity index (χ0v) is 18.3. The highest BCUT2D eigenvalue weighted by Gasteiger charge is 2.25. The quantitative estimate of drug-likeness (QED) is 0.597. The van der Waals surface area contributed by atoms with Gasteiger partial charge in [0.05, 0.1) is 11.4 Å². The Morgan fingerprint density at radius 1 is 1.20 bits per heavy atom. The number of thiophene rings is 1. The molecular formula is C19H17F2N3O3S3.